The molecule has 0 aromatic heterocycles. The van der Waals surface area contributed by atoms with Gasteiger partial charge in [0.25, 0.3) is 20.2 Å². The van der Waals surface area contributed by atoms with Gasteiger partial charge < -0.3 is 0 Å². The maximum absolute atomic E-state index is 10.5. The van der Waals surface area contributed by atoms with Crippen LogP contribution in [0.5, 0.6) is 0 Å². The van der Waals surface area contributed by atoms with Crippen molar-refractivity contribution < 1.29 is 25.9 Å². The fraction of sp³-hybridized carbons (Fsp3) is 0. The monoisotopic (exact) mass is 254 g/mol. The van der Waals surface area contributed by atoms with Gasteiger partial charge in [0, 0.05) is 0 Å². The first-order chi connectivity index (χ1) is 6.21. The third-order valence-corrected chi connectivity index (χ3v) is 3.16. The summed E-state index contributed by atoms with van der Waals surface area (Å²) in [5, 5.41) is 0. The molecule has 0 aliphatic rings. The molecule has 0 atom stereocenters. The van der Waals surface area contributed by atoms with E-state index in [4.69, 9.17) is 9.11 Å². The first kappa shape index (κ1) is 18.6. The molecule has 0 amide bonds. The molecule has 1 aromatic rings. The van der Waals surface area contributed by atoms with Crippen LogP contribution in [-0.4, -0.2) is 63.7 Å². The molecule has 0 unspecified atom stereocenters. The van der Waals surface area contributed by atoms with Crippen molar-refractivity contribution in [2.45, 2.75) is 9.79 Å². The van der Waals surface area contributed by atoms with Gasteiger partial charge in [-0.25, -0.2) is 0 Å². The first-order valence-electron chi connectivity index (χ1n) is 3.26. The summed E-state index contributed by atoms with van der Waals surface area (Å²) in [6.45, 7) is 0. The predicted octanol–water partition coefficient (Wildman–Crippen LogP) is -1.12. The van der Waals surface area contributed by atoms with Crippen LogP contribution < -0.4 is 0 Å². The number of hydrogen-bond donors (Lipinski definition) is 2. The molecule has 16 heavy (non-hydrogen) atoms. The minimum absolute atomic E-state index is 0. The van der Waals surface area contributed by atoms with E-state index in [1.165, 1.54) is 0 Å². The number of rotatable bonds is 2. The molecular formula is C6H8Li2O6S2. The molecule has 0 saturated heterocycles. The van der Waals surface area contributed by atoms with Crippen LogP contribution in [0.2, 0.25) is 0 Å². The molecule has 0 aliphatic carbocycles. The fourth-order valence-electron chi connectivity index (χ4n) is 0.784. The molecule has 0 saturated carbocycles. The van der Waals surface area contributed by atoms with Crippen LogP contribution in [-0.2, 0) is 20.2 Å². The van der Waals surface area contributed by atoms with Crippen molar-refractivity contribution in [3.05, 3.63) is 24.3 Å². The third kappa shape index (κ3) is 5.04. The van der Waals surface area contributed by atoms with Crippen molar-refractivity contribution in [3.63, 3.8) is 0 Å². The van der Waals surface area contributed by atoms with Gasteiger partial charge in [0.05, 0.1) is 9.79 Å². The van der Waals surface area contributed by atoms with Crippen molar-refractivity contribution >= 4 is 58.0 Å². The van der Waals surface area contributed by atoms with Gasteiger partial charge in [-0.2, -0.15) is 16.8 Å². The number of benzene rings is 1. The topological polar surface area (TPSA) is 109 Å². The van der Waals surface area contributed by atoms with Gasteiger partial charge in [0.15, 0.2) is 0 Å². The maximum atomic E-state index is 10.5. The van der Waals surface area contributed by atoms with Crippen LogP contribution in [0.15, 0.2) is 34.1 Å². The Morgan fingerprint density at radius 2 is 0.875 bits per heavy atom. The van der Waals surface area contributed by atoms with Gasteiger partial charge in [-0.15, -0.1) is 0 Å². The molecular weight excluding hydrogens is 246 g/mol. The minimum atomic E-state index is -4.34. The van der Waals surface area contributed by atoms with Crippen LogP contribution >= 0.6 is 0 Å². The van der Waals surface area contributed by atoms with Gasteiger partial charge in [-0.3, -0.25) is 9.11 Å². The summed E-state index contributed by atoms with van der Waals surface area (Å²) < 4.78 is 59.2. The molecule has 82 valence electrons. The van der Waals surface area contributed by atoms with Crippen molar-refractivity contribution in [1.29, 1.82) is 0 Å². The van der Waals surface area contributed by atoms with E-state index >= 15 is 0 Å². The summed E-state index contributed by atoms with van der Waals surface area (Å²) in [7, 11) is -8.68. The molecule has 2 N–H and O–H groups in total. The molecule has 1 rings (SSSR count). The summed E-state index contributed by atoms with van der Waals surface area (Å²) in [5.41, 5.74) is 0. The molecule has 0 spiro atoms. The molecule has 10 heteroatoms. The van der Waals surface area contributed by atoms with Crippen LogP contribution in [0, 0.1) is 0 Å². The molecule has 0 aliphatic heterocycles. The van der Waals surface area contributed by atoms with Crippen LogP contribution in [0.3, 0.4) is 0 Å². The van der Waals surface area contributed by atoms with Gasteiger partial charge in [0.2, 0.25) is 0 Å². The van der Waals surface area contributed by atoms with Crippen LogP contribution in [0.25, 0.3) is 0 Å². The van der Waals surface area contributed by atoms with Gasteiger partial charge >= 0.3 is 37.7 Å². The molecule has 6 nitrogen and oxygen atoms in total. The third-order valence-electron chi connectivity index (χ3n) is 1.42. The molecule has 1 aromatic carbocycles. The average molecular weight is 254 g/mol. The second-order valence-electron chi connectivity index (χ2n) is 2.42. The molecule has 0 heterocycles. The van der Waals surface area contributed by atoms with E-state index in [0.29, 0.717) is 0 Å². The predicted molar refractivity (Wildman–Crippen MR) is 60.4 cm³/mol. The molecule has 0 fully saturated rings. The molecule has 0 radical (unpaired) electrons. The summed E-state index contributed by atoms with van der Waals surface area (Å²) in [6, 6.07) is 3.49. The zero-order chi connectivity index (χ0) is 11.0. The Kier molecular flexibility index (Phi) is 7.26. The quantitative estimate of drug-likeness (QED) is 0.511. The first-order valence-corrected chi connectivity index (χ1v) is 6.14. The Hall–Kier alpha value is 0.235. The normalized spacial score (nSPS) is 11.1. The summed E-state index contributed by atoms with van der Waals surface area (Å²) in [4.78, 5) is -0.880. The Morgan fingerprint density at radius 3 is 1.00 bits per heavy atom. The van der Waals surface area contributed by atoms with E-state index in [1.807, 2.05) is 0 Å². The second kappa shape index (κ2) is 6.24. The zero-order valence-corrected chi connectivity index (χ0v) is 8.29. The standard InChI is InChI=1S/C6H6O6S2.2Li.2H/c7-13(8,9)5-1-2-6(4-3-5)14(10,11)12;;;;/h1-4H,(H,7,8,9)(H,10,11,12);;;;. The van der Waals surface area contributed by atoms with E-state index in [2.05, 4.69) is 0 Å². The summed E-state index contributed by atoms with van der Waals surface area (Å²) in [5.74, 6) is 0. The Bertz CT molecular complexity index is 482. The van der Waals surface area contributed by atoms with Crippen LogP contribution in [0.4, 0.5) is 0 Å². The van der Waals surface area contributed by atoms with E-state index in [9.17, 15) is 16.8 Å². The zero-order valence-electron chi connectivity index (χ0n) is 6.65. The second-order valence-corrected chi connectivity index (χ2v) is 5.26. The SMILES string of the molecule is O=S(=O)(O)c1ccc(S(=O)(=O)O)cc1.[LiH].[LiH]. The van der Waals surface area contributed by atoms with E-state index in [0.717, 1.165) is 24.3 Å². The Balaban J connectivity index is 0. The molecule has 0 bridgehead atoms. The van der Waals surface area contributed by atoms with Crippen molar-refractivity contribution in [2.75, 3.05) is 0 Å². The van der Waals surface area contributed by atoms with Crippen molar-refractivity contribution in [2.24, 2.45) is 0 Å². The van der Waals surface area contributed by atoms with Crippen LogP contribution in [0.1, 0.15) is 0 Å². The average Bonchev–Trinajstić information content (AvgIpc) is 2.01. The van der Waals surface area contributed by atoms with Crippen molar-refractivity contribution in [1.82, 2.24) is 0 Å². The number of hydrogen-bond acceptors (Lipinski definition) is 4. The summed E-state index contributed by atoms with van der Waals surface area (Å²) >= 11 is 0. The van der Waals surface area contributed by atoms with Gasteiger partial charge in [0.1, 0.15) is 0 Å². The van der Waals surface area contributed by atoms with E-state index in [-0.39, 0.29) is 37.7 Å². The van der Waals surface area contributed by atoms with Gasteiger partial charge in [-0.1, -0.05) is 0 Å². The van der Waals surface area contributed by atoms with Crippen molar-refractivity contribution in [3.8, 4) is 0 Å². The van der Waals surface area contributed by atoms with E-state index < -0.39 is 30.0 Å². The fourth-order valence-corrected chi connectivity index (χ4v) is 1.74. The summed E-state index contributed by atoms with van der Waals surface area (Å²) in [6.07, 6.45) is 0. The van der Waals surface area contributed by atoms with E-state index in [1.54, 1.807) is 0 Å². The Morgan fingerprint density at radius 1 is 0.688 bits per heavy atom. The van der Waals surface area contributed by atoms with Gasteiger partial charge in [-0.05, 0) is 24.3 Å². The Labute approximate surface area is 117 Å².